The smallest absolute Gasteiger partial charge is 0.486 e. The Labute approximate surface area is 146 Å². The van der Waals surface area contributed by atoms with Crippen molar-refractivity contribution in [1.82, 2.24) is 19.8 Å². The van der Waals surface area contributed by atoms with Crippen LogP contribution in [0.25, 0.3) is 17.0 Å². The third-order valence-electron chi connectivity index (χ3n) is 4.03. The van der Waals surface area contributed by atoms with Crippen LogP contribution in [-0.4, -0.2) is 46.4 Å². The molecule has 1 aliphatic rings. The van der Waals surface area contributed by atoms with Crippen LogP contribution < -0.4 is 14.4 Å². The number of ether oxygens (including phenoxy) is 2. The van der Waals surface area contributed by atoms with Gasteiger partial charge in [-0.25, -0.2) is 0 Å². The zero-order valence-electron chi connectivity index (χ0n) is 13.9. The summed E-state index contributed by atoms with van der Waals surface area (Å²) in [4.78, 5) is 2.02. The van der Waals surface area contributed by atoms with E-state index in [4.69, 9.17) is 4.74 Å². The largest absolute Gasteiger partial charge is 0.573 e. The van der Waals surface area contributed by atoms with Crippen LogP contribution in [0.2, 0.25) is 0 Å². The molecule has 1 aliphatic heterocycles. The van der Waals surface area contributed by atoms with Crippen molar-refractivity contribution in [1.29, 1.82) is 0 Å². The van der Waals surface area contributed by atoms with E-state index in [-0.39, 0.29) is 5.75 Å². The molecule has 0 aliphatic carbocycles. The van der Waals surface area contributed by atoms with Crippen molar-refractivity contribution >= 4 is 11.3 Å². The Balaban J connectivity index is 1.84. The number of halogens is 3. The molecule has 0 radical (unpaired) electrons. The Morgan fingerprint density at radius 1 is 1.23 bits per heavy atom. The molecule has 0 atom stereocenters. The summed E-state index contributed by atoms with van der Waals surface area (Å²) >= 11 is 0. The van der Waals surface area contributed by atoms with Gasteiger partial charge in [-0.05, 0) is 19.1 Å². The van der Waals surface area contributed by atoms with Gasteiger partial charge in [-0.2, -0.15) is 9.61 Å². The van der Waals surface area contributed by atoms with Crippen LogP contribution >= 0.6 is 0 Å². The topological polar surface area (TPSA) is 64.8 Å². The molecule has 3 aromatic rings. The summed E-state index contributed by atoms with van der Waals surface area (Å²) in [6, 6.07) is 5.53. The highest BCUT2D eigenvalue weighted by Gasteiger charge is 2.31. The summed E-state index contributed by atoms with van der Waals surface area (Å²) in [7, 11) is 1.93. The molecule has 7 nitrogen and oxygen atoms in total. The SMILES string of the molecule is Cc1nn2c(-c3cccc(OC(F)(F)F)c3)nnc2c2c1N(C)CCO2. The molecule has 3 heterocycles. The fourth-order valence-corrected chi connectivity index (χ4v) is 2.97. The minimum Gasteiger partial charge on any atom is -0.486 e. The fraction of sp³-hybridized carbons (Fsp3) is 0.312. The standard InChI is InChI=1S/C16H14F3N5O2/c1-9-12-13(25-7-6-23(12)2)15-21-20-14(24(15)22-9)10-4-3-5-11(8-10)26-16(17,18)19/h3-5,8H,6-7H2,1-2H3. The van der Waals surface area contributed by atoms with Crippen LogP contribution in [0.3, 0.4) is 0 Å². The second kappa shape index (κ2) is 5.75. The van der Waals surface area contributed by atoms with Crippen molar-refractivity contribution in [3.05, 3.63) is 30.0 Å². The van der Waals surface area contributed by atoms with Crippen molar-refractivity contribution in [2.45, 2.75) is 13.3 Å². The van der Waals surface area contributed by atoms with E-state index in [1.54, 1.807) is 6.07 Å². The van der Waals surface area contributed by atoms with Crippen LogP contribution in [-0.2, 0) is 0 Å². The number of alkyl halides is 3. The molecule has 2 aromatic heterocycles. The van der Waals surface area contributed by atoms with E-state index in [1.165, 1.54) is 22.7 Å². The molecule has 4 rings (SSSR count). The van der Waals surface area contributed by atoms with Crippen LogP contribution in [0, 0.1) is 6.92 Å². The Hall–Kier alpha value is -3.04. The van der Waals surface area contributed by atoms with Gasteiger partial charge in [0, 0.05) is 12.6 Å². The summed E-state index contributed by atoms with van der Waals surface area (Å²) in [5.74, 6) is 0.528. The number of hydrogen-bond acceptors (Lipinski definition) is 6. The lowest BCUT2D eigenvalue weighted by Crippen LogP contribution is -2.30. The summed E-state index contributed by atoms with van der Waals surface area (Å²) in [5.41, 5.74) is 2.35. The number of fused-ring (bicyclic) bond motifs is 3. The van der Waals surface area contributed by atoms with Crippen molar-refractivity contribution in [2.24, 2.45) is 0 Å². The van der Waals surface area contributed by atoms with Gasteiger partial charge < -0.3 is 14.4 Å². The van der Waals surface area contributed by atoms with Gasteiger partial charge in [0.05, 0.1) is 12.2 Å². The predicted molar refractivity (Wildman–Crippen MR) is 86.4 cm³/mol. The molecule has 26 heavy (non-hydrogen) atoms. The second-order valence-electron chi connectivity index (χ2n) is 5.87. The van der Waals surface area contributed by atoms with Crippen LogP contribution in [0.4, 0.5) is 18.9 Å². The highest BCUT2D eigenvalue weighted by atomic mass is 19.4. The van der Waals surface area contributed by atoms with Crippen LogP contribution in [0.5, 0.6) is 11.5 Å². The first-order chi connectivity index (χ1) is 12.3. The average molecular weight is 365 g/mol. The second-order valence-corrected chi connectivity index (χ2v) is 5.87. The minimum absolute atomic E-state index is 0.301. The molecule has 0 fully saturated rings. The number of rotatable bonds is 2. The first kappa shape index (κ1) is 16.4. The molecule has 0 amide bonds. The van der Waals surface area contributed by atoms with Crippen molar-refractivity contribution in [3.8, 4) is 22.9 Å². The van der Waals surface area contributed by atoms with Crippen LogP contribution in [0.15, 0.2) is 24.3 Å². The zero-order chi connectivity index (χ0) is 18.5. The summed E-state index contributed by atoms with van der Waals surface area (Å²) in [6.07, 6.45) is -4.77. The van der Waals surface area contributed by atoms with Gasteiger partial charge in [0.25, 0.3) is 0 Å². The lowest BCUT2D eigenvalue weighted by molar-refractivity contribution is -0.274. The third kappa shape index (κ3) is 2.76. The first-order valence-corrected chi connectivity index (χ1v) is 7.79. The summed E-state index contributed by atoms with van der Waals surface area (Å²) < 4.78 is 48.6. The first-order valence-electron chi connectivity index (χ1n) is 7.79. The third-order valence-corrected chi connectivity index (χ3v) is 4.03. The van der Waals surface area contributed by atoms with Gasteiger partial charge in [-0.1, -0.05) is 12.1 Å². The molecule has 0 N–H and O–H groups in total. The number of aromatic nitrogens is 4. The van der Waals surface area contributed by atoms with E-state index in [9.17, 15) is 13.2 Å². The lowest BCUT2D eigenvalue weighted by atomic mass is 10.2. The minimum atomic E-state index is -4.77. The highest BCUT2D eigenvalue weighted by Crippen LogP contribution is 2.37. The maximum atomic E-state index is 12.5. The van der Waals surface area contributed by atoms with Gasteiger partial charge >= 0.3 is 6.36 Å². The van der Waals surface area contributed by atoms with Crippen molar-refractivity contribution in [2.75, 3.05) is 25.1 Å². The molecule has 10 heteroatoms. The van der Waals surface area contributed by atoms with Gasteiger partial charge in [0.2, 0.25) is 5.65 Å². The lowest BCUT2D eigenvalue weighted by Gasteiger charge is -2.28. The highest BCUT2D eigenvalue weighted by molar-refractivity contribution is 5.75. The quantitative estimate of drug-likeness (QED) is 0.696. The number of aryl methyl sites for hydroxylation is 1. The predicted octanol–water partition coefficient (Wildman–Crippen LogP) is 2.83. The molecule has 136 valence electrons. The molecule has 0 saturated heterocycles. The molecule has 0 spiro atoms. The van der Waals surface area contributed by atoms with Crippen LogP contribution in [0.1, 0.15) is 5.69 Å². The Morgan fingerprint density at radius 3 is 2.81 bits per heavy atom. The number of nitrogens with zero attached hydrogens (tertiary/aromatic N) is 5. The molecule has 0 saturated carbocycles. The Bertz CT molecular complexity index is 986. The maximum Gasteiger partial charge on any atom is 0.573 e. The van der Waals surface area contributed by atoms with E-state index in [2.05, 4.69) is 20.0 Å². The molecule has 0 bridgehead atoms. The number of hydrogen-bond donors (Lipinski definition) is 0. The van der Waals surface area contributed by atoms with E-state index in [0.29, 0.717) is 35.1 Å². The molecule has 1 aromatic carbocycles. The summed E-state index contributed by atoms with van der Waals surface area (Å²) in [6.45, 7) is 3.06. The molecular weight excluding hydrogens is 351 g/mol. The maximum absolute atomic E-state index is 12.5. The number of likely N-dealkylation sites (N-methyl/N-ethyl adjacent to an activating group) is 1. The Kier molecular flexibility index (Phi) is 3.63. The summed E-state index contributed by atoms with van der Waals surface area (Å²) in [5, 5.41) is 12.7. The van der Waals surface area contributed by atoms with Gasteiger partial charge in [0.15, 0.2) is 11.6 Å². The van der Waals surface area contributed by atoms with E-state index in [1.807, 2.05) is 18.9 Å². The van der Waals surface area contributed by atoms with E-state index < -0.39 is 6.36 Å². The van der Waals surface area contributed by atoms with Crippen molar-refractivity contribution in [3.63, 3.8) is 0 Å². The monoisotopic (exact) mass is 365 g/mol. The number of anilines is 1. The van der Waals surface area contributed by atoms with E-state index >= 15 is 0 Å². The van der Waals surface area contributed by atoms with Gasteiger partial charge in [0.1, 0.15) is 18.0 Å². The normalized spacial score (nSPS) is 14.3. The number of benzene rings is 1. The van der Waals surface area contributed by atoms with E-state index in [0.717, 1.165) is 12.2 Å². The van der Waals surface area contributed by atoms with Crippen molar-refractivity contribution < 1.29 is 22.6 Å². The fourth-order valence-electron chi connectivity index (χ4n) is 2.97. The average Bonchev–Trinajstić information content (AvgIpc) is 2.97. The van der Waals surface area contributed by atoms with Gasteiger partial charge in [-0.15, -0.1) is 23.4 Å². The molecule has 0 unspecified atom stereocenters. The molecular formula is C16H14F3N5O2. The Morgan fingerprint density at radius 2 is 2.04 bits per heavy atom. The van der Waals surface area contributed by atoms with Gasteiger partial charge in [-0.3, -0.25) is 0 Å². The zero-order valence-corrected chi connectivity index (χ0v) is 13.9.